The first kappa shape index (κ1) is 15.1. The van der Waals surface area contributed by atoms with Crippen molar-refractivity contribution in [2.45, 2.75) is 0 Å². The summed E-state index contributed by atoms with van der Waals surface area (Å²) in [5, 5.41) is 15.6. The van der Waals surface area contributed by atoms with Crippen LogP contribution >= 0.6 is 11.6 Å². The lowest BCUT2D eigenvalue weighted by Gasteiger charge is -2.07. The minimum atomic E-state index is -0.715. The van der Waals surface area contributed by atoms with Crippen molar-refractivity contribution < 1.29 is 14.5 Å². The van der Waals surface area contributed by atoms with Gasteiger partial charge in [-0.1, -0.05) is 11.6 Å². The Balaban J connectivity index is 2.60. The Bertz CT molecular complexity index is 470. The summed E-state index contributed by atoms with van der Waals surface area (Å²) in [5.74, 6) is -0.451. The number of amides is 1. The van der Waals surface area contributed by atoms with Crippen LogP contribution < -0.4 is 10.6 Å². The SMILES string of the molecule is COCCNC(=O)CNc1ncnc(Cl)c1[N+](=O)[O-]. The number of hydrogen-bond donors (Lipinski definition) is 2. The van der Waals surface area contributed by atoms with Crippen molar-refractivity contribution in [2.75, 3.05) is 32.1 Å². The monoisotopic (exact) mass is 289 g/mol. The zero-order valence-corrected chi connectivity index (χ0v) is 10.8. The lowest BCUT2D eigenvalue weighted by Crippen LogP contribution is -2.32. The van der Waals surface area contributed by atoms with Crippen LogP contribution in [0.2, 0.25) is 5.15 Å². The van der Waals surface area contributed by atoms with Gasteiger partial charge >= 0.3 is 5.69 Å². The van der Waals surface area contributed by atoms with E-state index in [1.54, 1.807) is 0 Å². The van der Waals surface area contributed by atoms with E-state index in [4.69, 9.17) is 16.3 Å². The molecular formula is C9H12ClN5O4. The highest BCUT2D eigenvalue weighted by Crippen LogP contribution is 2.27. The molecule has 1 aromatic rings. The number of nitrogens with one attached hydrogen (secondary N) is 2. The lowest BCUT2D eigenvalue weighted by molar-refractivity contribution is -0.384. The predicted molar refractivity (Wildman–Crippen MR) is 67.1 cm³/mol. The van der Waals surface area contributed by atoms with Crippen LogP contribution in [-0.2, 0) is 9.53 Å². The normalized spacial score (nSPS) is 10.0. The van der Waals surface area contributed by atoms with E-state index in [0.29, 0.717) is 13.2 Å². The van der Waals surface area contributed by atoms with Crippen molar-refractivity contribution in [3.8, 4) is 0 Å². The second-order valence-electron chi connectivity index (χ2n) is 3.32. The summed E-state index contributed by atoms with van der Waals surface area (Å²) in [6.07, 6.45) is 1.07. The van der Waals surface area contributed by atoms with E-state index in [0.717, 1.165) is 6.33 Å². The molecule has 0 aliphatic rings. The molecule has 1 rings (SSSR count). The lowest BCUT2D eigenvalue weighted by atomic mass is 10.4. The number of rotatable bonds is 7. The standard InChI is InChI=1S/C9H12ClN5O4/c1-19-3-2-11-6(16)4-12-9-7(15(17)18)8(10)13-5-14-9/h5H,2-4H2,1H3,(H,11,16)(H,12,13,14). The zero-order valence-electron chi connectivity index (χ0n) is 10.1. The second-order valence-corrected chi connectivity index (χ2v) is 3.67. The molecule has 2 N–H and O–H groups in total. The smallest absolute Gasteiger partial charge is 0.348 e. The molecule has 0 bridgehead atoms. The van der Waals surface area contributed by atoms with Gasteiger partial charge in [-0.2, -0.15) is 0 Å². The molecule has 9 nitrogen and oxygen atoms in total. The van der Waals surface area contributed by atoms with E-state index in [-0.39, 0.29) is 23.4 Å². The molecule has 0 aliphatic heterocycles. The van der Waals surface area contributed by atoms with Gasteiger partial charge in [0.25, 0.3) is 0 Å². The number of anilines is 1. The van der Waals surface area contributed by atoms with Crippen LogP contribution in [0.25, 0.3) is 0 Å². The molecule has 0 fully saturated rings. The van der Waals surface area contributed by atoms with Crippen molar-refractivity contribution in [1.29, 1.82) is 0 Å². The molecule has 104 valence electrons. The van der Waals surface area contributed by atoms with Crippen LogP contribution in [0.1, 0.15) is 0 Å². The fourth-order valence-electron chi connectivity index (χ4n) is 1.17. The second kappa shape index (κ2) is 7.44. The number of aromatic nitrogens is 2. The summed E-state index contributed by atoms with van der Waals surface area (Å²) >= 11 is 5.59. The minimum Gasteiger partial charge on any atom is -0.383 e. The minimum absolute atomic E-state index is 0.105. The largest absolute Gasteiger partial charge is 0.383 e. The Kier molecular flexibility index (Phi) is 5.90. The molecule has 0 spiro atoms. The summed E-state index contributed by atoms with van der Waals surface area (Å²) < 4.78 is 4.76. The number of nitrogens with zero attached hydrogens (tertiary/aromatic N) is 3. The predicted octanol–water partition coefficient (Wildman–Crippen LogP) is 0.213. The number of carbonyl (C=O) groups is 1. The van der Waals surface area contributed by atoms with Crippen molar-refractivity contribution >= 4 is 29.0 Å². The average molecular weight is 290 g/mol. The molecule has 19 heavy (non-hydrogen) atoms. The van der Waals surface area contributed by atoms with Crippen LogP contribution in [0.15, 0.2) is 6.33 Å². The van der Waals surface area contributed by atoms with Crippen molar-refractivity contribution in [1.82, 2.24) is 15.3 Å². The first-order chi connectivity index (χ1) is 9.06. The van der Waals surface area contributed by atoms with Crippen molar-refractivity contribution in [3.05, 3.63) is 21.6 Å². The third-order valence-electron chi connectivity index (χ3n) is 2.00. The number of hydrogen-bond acceptors (Lipinski definition) is 7. The van der Waals surface area contributed by atoms with E-state index >= 15 is 0 Å². The fourth-order valence-corrected chi connectivity index (χ4v) is 1.37. The van der Waals surface area contributed by atoms with Gasteiger partial charge in [-0.15, -0.1) is 0 Å². The number of carbonyl (C=O) groups excluding carboxylic acids is 1. The van der Waals surface area contributed by atoms with Gasteiger partial charge in [0.1, 0.15) is 6.33 Å². The summed E-state index contributed by atoms with van der Waals surface area (Å²) in [4.78, 5) is 28.6. The highest BCUT2D eigenvalue weighted by molar-refractivity contribution is 6.31. The Morgan fingerprint density at radius 1 is 1.58 bits per heavy atom. The molecule has 1 heterocycles. The van der Waals surface area contributed by atoms with Gasteiger partial charge in [0.2, 0.25) is 16.9 Å². The first-order valence-electron chi connectivity index (χ1n) is 5.20. The van der Waals surface area contributed by atoms with Gasteiger partial charge in [0.15, 0.2) is 0 Å². The Morgan fingerprint density at radius 3 is 2.95 bits per heavy atom. The van der Waals surface area contributed by atoms with Crippen LogP contribution in [0.3, 0.4) is 0 Å². The van der Waals surface area contributed by atoms with Gasteiger partial charge in [-0.05, 0) is 0 Å². The van der Waals surface area contributed by atoms with Gasteiger partial charge < -0.3 is 15.4 Å². The van der Waals surface area contributed by atoms with E-state index in [1.165, 1.54) is 7.11 Å². The fraction of sp³-hybridized carbons (Fsp3) is 0.444. The molecule has 0 aliphatic carbocycles. The maximum absolute atomic E-state index is 11.4. The van der Waals surface area contributed by atoms with Crippen LogP contribution in [-0.4, -0.2) is 47.6 Å². The Morgan fingerprint density at radius 2 is 2.32 bits per heavy atom. The van der Waals surface area contributed by atoms with Gasteiger partial charge in [0, 0.05) is 13.7 Å². The molecular weight excluding hydrogens is 278 g/mol. The maximum atomic E-state index is 11.4. The Labute approximate surface area is 113 Å². The van der Waals surface area contributed by atoms with E-state index in [2.05, 4.69) is 20.6 Å². The number of methoxy groups -OCH3 is 1. The number of ether oxygens (including phenoxy) is 1. The van der Waals surface area contributed by atoms with E-state index in [9.17, 15) is 14.9 Å². The molecule has 0 radical (unpaired) electrons. The van der Waals surface area contributed by atoms with Crippen molar-refractivity contribution in [3.63, 3.8) is 0 Å². The number of nitro groups is 1. The van der Waals surface area contributed by atoms with Crippen LogP contribution in [0.5, 0.6) is 0 Å². The Hall–Kier alpha value is -2.00. The highest BCUT2D eigenvalue weighted by Gasteiger charge is 2.21. The summed E-state index contributed by atoms with van der Waals surface area (Å²) in [6.45, 7) is 0.562. The number of halogens is 1. The highest BCUT2D eigenvalue weighted by atomic mass is 35.5. The average Bonchev–Trinajstić information content (AvgIpc) is 2.36. The van der Waals surface area contributed by atoms with Crippen LogP contribution in [0.4, 0.5) is 11.5 Å². The molecule has 0 saturated carbocycles. The van der Waals surface area contributed by atoms with Crippen molar-refractivity contribution in [2.24, 2.45) is 0 Å². The van der Waals surface area contributed by atoms with Crippen LogP contribution in [0, 0.1) is 10.1 Å². The zero-order chi connectivity index (χ0) is 14.3. The molecule has 0 atom stereocenters. The maximum Gasteiger partial charge on any atom is 0.348 e. The summed E-state index contributed by atoms with van der Waals surface area (Å²) in [7, 11) is 1.51. The summed E-state index contributed by atoms with van der Waals surface area (Å²) in [5.41, 5.74) is -0.464. The molecule has 1 amide bonds. The molecule has 0 saturated heterocycles. The van der Waals surface area contributed by atoms with Gasteiger partial charge in [-0.25, -0.2) is 9.97 Å². The first-order valence-corrected chi connectivity index (χ1v) is 5.58. The van der Waals surface area contributed by atoms with E-state index in [1.807, 2.05) is 0 Å². The summed E-state index contributed by atoms with van der Waals surface area (Å²) in [6, 6.07) is 0. The molecule has 0 aromatic carbocycles. The van der Waals surface area contributed by atoms with E-state index < -0.39 is 10.6 Å². The quantitative estimate of drug-likeness (QED) is 0.319. The van der Waals surface area contributed by atoms with Gasteiger partial charge in [-0.3, -0.25) is 14.9 Å². The molecule has 1 aromatic heterocycles. The molecule has 10 heteroatoms. The third-order valence-corrected chi connectivity index (χ3v) is 2.28. The van der Waals surface area contributed by atoms with Gasteiger partial charge in [0.05, 0.1) is 18.1 Å². The third kappa shape index (κ3) is 4.64. The molecule has 0 unspecified atom stereocenters. The topological polar surface area (TPSA) is 119 Å².